The van der Waals surface area contributed by atoms with E-state index in [0.717, 1.165) is 16.9 Å². The van der Waals surface area contributed by atoms with Crippen LogP contribution in [-0.4, -0.2) is 25.6 Å². The zero-order valence-corrected chi connectivity index (χ0v) is 13.3. The summed E-state index contributed by atoms with van der Waals surface area (Å²) < 4.78 is 2.11. The van der Waals surface area contributed by atoms with Gasteiger partial charge in [-0.1, -0.05) is 13.8 Å². The van der Waals surface area contributed by atoms with Crippen molar-refractivity contribution >= 4 is 17.0 Å². The molecule has 0 saturated carbocycles. The van der Waals surface area contributed by atoms with Crippen molar-refractivity contribution in [3.05, 3.63) is 24.3 Å². The van der Waals surface area contributed by atoms with E-state index in [1.165, 1.54) is 0 Å². The highest BCUT2D eigenvalue weighted by Crippen LogP contribution is 2.33. The van der Waals surface area contributed by atoms with Crippen LogP contribution >= 0.6 is 0 Å². The summed E-state index contributed by atoms with van der Waals surface area (Å²) in [5.41, 5.74) is 0.991. The van der Waals surface area contributed by atoms with Crippen LogP contribution in [0.5, 0.6) is 0 Å². The van der Waals surface area contributed by atoms with E-state index in [9.17, 15) is 9.90 Å². The fourth-order valence-corrected chi connectivity index (χ4v) is 2.56. The number of rotatable bonds is 5. The molecule has 0 aliphatic carbocycles. The Kier molecular flexibility index (Phi) is 4.03. The maximum Gasteiger partial charge on any atom is 0.310 e. The van der Waals surface area contributed by atoms with Gasteiger partial charge in [0.15, 0.2) is 0 Å². The highest BCUT2D eigenvalue weighted by atomic mass is 16.4. The average molecular weight is 289 g/mol. The molecule has 1 atom stereocenters. The lowest BCUT2D eigenvalue weighted by atomic mass is 9.76. The van der Waals surface area contributed by atoms with Crippen molar-refractivity contribution < 1.29 is 9.90 Å². The molecule has 0 radical (unpaired) electrons. The van der Waals surface area contributed by atoms with Crippen molar-refractivity contribution in [2.24, 2.45) is 11.3 Å². The fraction of sp³-hybridized carbons (Fsp3) is 0.562. The summed E-state index contributed by atoms with van der Waals surface area (Å²) in [6.07, 6.45) is 3.88. The lowest BCUT2D eigenvalue weighted by molar-refractivity contribution is -0.150. The van der Waals surface area contributed by atoms with E-state index in [0.29, 0.717) is 6.42 Å². The number of hydrogen-bond donors (Lipinski definition) is 1. The third-order valence-electron chi connectivity index (χ3n) is 4.37. The number of carboxylic acids is 1. The van der Waals surface area contributed by atoms with E-state index in [2.05, 4.69) is 28.4 Å². The first-order chi connectivity index (χ1) is 9.77. The molecule has 0 fully saturated rings. The second kappa shape index (κ2) is 5.47. The van der Waals surface area contributed by atoms with Crippen LogP contribution in [0.1, 0.15) is 46.5 Å². The number of imidazole rings is 1. The molecular weight excluding hydrogens is 266 g/mol. The van der Waals surface area contributed by atoms with Crippen LogP contribution in [0.3, 0.4) is 0 Å². The summed E-state index contributed by atoms with van der Waals surface area (Å²) in [5.74, 6) is 0.0538. The first-order valence-electron chi connectivity index (χ1n) is 7.31. The van der Waals surface area contributed by atoms with Crippen LogP contribution < -0.4 is 0 Å². The monoisotopic (exact) mass is 289 g/mol. The molecule has 0 bridgehead atoms. The van der Waals surface area contributed by atoms with Crippen LogP contribution in [0.15, 0.2) is 18.5 Å². The standard InChI is InChI=1S/C16H23N3O2/c1-10(2)16(5,15(20)21)8-14-18-12-9-17-7-6-13(12)19(14)11(3)4/h6-7,9-11H,8H2,1-5H3,(H,20,21). The van der Waals surface area contributed by atoms with Crippen LogP contribution in [0, 0.1) is 11.3 Å². The molecule has 0 spiro atoms. The van der Waals surface area contributed by atoms with Crippen molar-refractivity contribution in [2.45, 2.75) is 47.1 Å². The van der Waals surface area contributed by atoms with Gasteiger partial charge in [0.1, 0.15) is 11.3 Å². The molecule has 0 amide bonds. The first-order valence-corrected chi connectivity index (χ1v) is 7.31. The number of fused-ring (bicyclic) bond motifs is 1. The van der Waals surface area contributed by atoms with Crippen LogP contribution in [0.25, 0.3) is 11.0 Å². The predicted octanol–water partition coefficient (Wildman–Crippen LogP) is 3.30. The molecule has 1 N–H and O–H groups in total. The summed E-state index contributed by atoms with van der Waals surface area (Å²) in [4.78, 5) is 20.4. The number of carbonyl (C=O) groups is 1. The Bertz CT molecular complexity index is 661. The third kappa shape index (κ3) is 2.64. The fourth-order valence-electron chi connectivity index (χ4n) is 2.56. The summed E-state index contributed by atoms with van der Waals surface area (Å²) in [6, 6.07) is 2.15. The van der Waals surface area contributed by atoms with Gasteiger partial charge in [-0.05, 0) is 32.8 Å². The van der Waals surface area contributed by atoms with E-state index >= 15 is 0 Å². The summed E-state index contributed by atoms with van der Waals surface area (Å²) in [6.45, 7) is 9.84. The summed E-state index contributed by atoms with van der Waals surface area (Å²) in [7, 11) is 0. The molecule has 5 heteroatoms. The molecular formula is C16H23N3O2. The van der Waals surface area contributed by atoms with Crippen molar-refractivity contribution in [1.82, 2.24) is 14.5 Å². The maximum atomic E-state index is 11.7. The van der Waals surface area contributed by atoms with E-state index in [1.807, 2.05) is 19.9 Å². The second-order valence-electron chi connectivity index (χ2n) is 6.41. The molecule has 21 heavy (non-hydrogen) atoms. The van der Waals surface area contributed by atoms with E-state index in [1.54, 1.807) is 19.3 Å². The maximum absolute atomic E-state index is 11.7. The van der Waals surface area contributed by atoms with Gasteiger partial charge in [0, 0.05) is 18.7 Å². The normalized spacial score (nSPS) is 14.8. The Hall–Kier alpha value is -1.91. The molecule has 2 aromatic rings. The van der Waals surface area contributed by atoms with Gasteiger partial charge in [-0.25, -0.2) is 4.98 Å². The SMILES string of the molecule is CC(C)n1c(CC(C)(C(=O)O)C(C)C)nc2cnccc21. The van der Waals surface area contributed by atoms with Crippen molar-refractivity contribution in [2.75, 3.05) is 0 Å². The van der Waals surface area contributed by atoms with Crippen molar-refractivity contribution in [3.8, 4) is 0 Å². The molecule has 2 rings (SSSR count). The topological polar surface area (TPSA) is 68.0 Å². The van der Waals surface area contributed by atoms with Gasteiger partial charge in [-0.3, -0.25) is 9.78 Å². The quantitative estimate of drug-likeness (QED) is 0.917. The number of pyridine rings is 1. The third-order valence-corrected chi connectivity index (χ3v) is 4.37. The number of nitrogens with zero attached hydrogens (tertiary/aromatic N) is 3. The lowest BCUT2D eigenvalue weighted by Crippen LogP contribution is -2.36. The first kappa shape index (κ1) is 15.5. The minimum absolute atomic E-state index is 0.0218. The van der Waals surface area contributed by atoms with Gasteiger partial charge in [-0.2, -0.15) is 0 Å². The molecule has 0 aliphatic rings. The van der Waals surface area contributed by atoms with Gasteiger partial charge in [-0.15, -0.1) is 0 Å². The van der Waals surface area contributed by atoms with Gasteiger partial charge >= 0.3 is 5.97 Å². The van der Waals surface area contributed by atoms with E-state index in [4.69, 9.17) is 0 Å². The Labute approximate surface area is 125 Å². The number of aliphatic carboxylic acids is 1. The number of carboxylic acid groups (broad SMARTS) is 1. The van der Waals surface area contributed by atoms with Gasteiger partial charge in [0.2, 0.25) is 0 Å². The average Bonchev–Trinajstić information content (AvgIpc) is 2.75. The Morgan fingerprint density at radius 2 is 2.05 bits per heavy atom. The Morgan fingerprint density at radius 3 is 2.57 bits per heavy atom. The smallest absolute Gasteiger partial charge is 0.310 e. The number of hydrogen-bond acceptors (Lipinski definition) is 3. The molecule has 1 unspecified atom stereocenters. The molecule has 114 valence electrons. The van der Waals surface area contributed by atoms with Crippen molar-refractivity contribution in [1.29, 1.82) is 0 Å². The molecule has 2 heterocycles. The molecule has 5 nitrogen and oxygen atoms in total. The van der Waals surface area contributed by atoms with Crippen LogP contribution in [0.4, 0.5) is 0 Å². The Balaban J connectivity index is 2.56. The molecule has 0 saturated heterocycles. The second-order valence-corrected chi connectivity index (χ2v) is 6.41. The predicted molar refractivity (Wildman–Crippen MR) is 82.2 cm³/mol. The zero-order valence-electron chi connectivity index (χ0n) is 13.3. The Morgan fingerprint density at radius 1 is 1.38 bits per heavy atom. The highest BCUT2D eigenvalue weighted by Gasteiger charge is 2.38. The zero-order chi connectivity index (χ0) is 15.8. The summed E-state index contributed by atoms with van der Waals surface area (Å²) >= 11 is 0. The lowest BCUT2D eigenvalue weighted by Gasteiger charge is -2.29. The molecule has 0 aliphatic heterocycles. The van der Waals surface area contributed by atoms with Gasteiger partial charge < -0.3 is 9.67 Å². The highest BCUT2D eigenvalue weighted by molar-refractivity contribution is 5.77. The molecule has 2 aromatic heterocycles. The van der Waals surface area contributed by atoms with Gasteiger partial charge in [0.25, 0.3) is 0 Å². The summed E-state index contributed by atoms with van der Waals surface area (Å²) in [5, 5.41) is 9.62. The van der Waals surface area contributed by atoms with Crippen LogP contribution in [0.2, 0.25) is 0 Å². The van der Waals surface area contributed by atoms with E-state index in [-0.39, 0.29) is 12.0 Å². The van der Waals surface area contributed by atoms with Crippen molar-refractivity contribution in [3.63, 3.8) is 0 Å². The largest absolute Gasteiger partial charge is 0.481 e. The van der Waals surface area contributed by atoms with Crippen LogP contribution in [-0.2, 0) is 11.2 Å². The minimum atomic E-state index is -0.832. The van der Waals surface area contributed by atoms with Gasteiger partial charge in [0.05, 0.1) is 17.1 Å². The molecule has 0 aromatic carbocycles. The van der Waals surface area contributed by atoms with E-state index < -0.39 is 11.4 Å². The number of aromatic nitrogens is 3. The minimum Gasteiger partial charge on any atom is -0.481 e.